The fourth-order valence-electron chi connectivity index (χ4n) is 7.62. The molecule has 2 aromatic rings. The molecule has 11 heteroatoms. The molecule has 0 unspecified atom stereocenters. The molecule has 4 aliphatic carbocycles. The fraction of sp³-hybridized carbons (Fsp3) is 0.700. The second kappa shape index (κ2) is 10.9. The number of carbonyl (C=O) groups is 2. The van der Waals surface area contributed by atoms with Gasteiger partial charge in [-0.05, 0) is 81.1 Å². The van der Waals surface area contributed by atoms with Gasteiger partial charge in [-0.1, -0.05) is 25.5 Å². The minimum absolute atomic E-state index is 0.0279. The maximum absolute atomic E-state index is 15.1. The molecular formula is C30H41FN6O4. The molecule has 1 aromatic heterocycles. The van der Waals surface area contributed by atoms with Gasteiger partial charge in [0.05, 0.1) is 24.7 Å². The van der Waals surface area contributed by atoms with Crippen molar-refractivity contribution in [1.29, 1.82) is 0 Å². The van der Waals surface area contributed by atoms with Crippen LogP contribution in [0.25, 0.3) is 0 Å². The van der Waals surface area contributed by atoms with Crippen LogP contribution in [-0.4, -0.2) is 58.2 Å². The summed E-state index contributed by atoms with van der Waals surface area (Å²) < 4.78 is 26.6. The second-order valence-corrected chi connectivity index (χ2v) is 13.3. The topological polar surface area (TPSA) is 131 Å². The van der Waals surface area contributed by atoms with Crippen LogP contribution in [0.3, 0.4) is 0 Å². The van der Waals surface area contributed by atoms with Gasteiger partial charge in [0.15, 0.2) is 17.4 Å². The number of H-pyrrole nitrogens is 1. The highest BCUT2D eigenvalue weighted by Crippen LogP contribution is 2.49. The Morgan fingerprint density at radius 1 is 1.07 bits per heavy atom. The molecule has 0 radical (unpaired) electrons. The Balaban J connectivity index is 1.14. The molecule has 10 nitrogen and oxygen atoms in total. The van der Waals surface area contributed by atoms with Crippen LogP contribution in [0, 0.1) is 29.0 Å². The summed E-state index contributed by atoms with van der Waals surface area (Å²) in [6.45, 7) is 5.00. The number of amides is 2. The SMILES string of the molecule is COc1cc(F)c(OC2CCC(C)(c3nn[nH]n3)CC2)cc1C(=O)N[C@@H]1[C@H]2CC[C@H](C2)[C@@H]1C(=O)NCC1(C)CCC1. The van der Waals surface area contributed by atoms with E-state index in [0.717, 1.165) is 44.9 Å². The zero-order valence-corrected chi connectivity index (χ0v) is 24.2. The zero-order valence-electron chi connectivity index (χ0n) is 24.2. The molecule has 222 valence electrons. The minimum Gasteiger partial charge on any atom is -0.496 e. The van der Waals surface area contributed by atoms with E-state index in [4.69, 9.17) is 9.47 Å². The van der Waals surface area contributed by atoms with Crippen molar-refractivity contribution in [2.75, 3.05) is 13.7 Å². The summed E-state index contributed by atoms with van der Waals surface area (Å²) >= 11 is 0. The van der Waals surface area contributed by atoms with Crippen LogP contribution >= 0.6 is 0 Å². The van der Waals surface area contributed by atoms with E-state index in [0.29, 0.717) is 25.2 Å². The van der Waals surface area contributed by atoms with Gasteiger partial charge < -0.3 is 20.1 Å². The predicted molar refractivity (Wildman–Crippen MR) is 148 cm³/mol. The smallest absolute Gasteiger partial charge is 0.255 e. The van der Waals surface area contributed by atoms with Crippen LogP contribution in [0.5, 0.6) is 11.5 Å². The number of carbonyl (C=O) groups excluding carboxylic acids is 2. The molecule has 4 saturated carbocycles. The summed E-state index contributed by atoms with van der Waals surface area (Å²) in [7, 11) is 1.42. The Morgan fingerprint density at radius 3 is 2.49 bits per heavy atom. The lowest BCUT2D eigenvalue weighted by molar-refractivity contribution is -0.128. The van der Waals surface area contributed by atoms with Gasteiger partial charge in [0.1, 0.15) is 5.75 Å². The highest BCUT2D eigenvalue weighted by atomic mass is 19.1. The van der Waals surface area contributed by atoms with Crippen LogP contribution in [-0.2, 0) is 10.2 Å². The number of hydrogen-bond donors (Lipinski definition) is 3. The number of nitrogens with zero attached hydrogens (tertiary/aromatic N) is 3. The largest absolute Gasteiger partial charge is 0.496 e. The lowest BCUT2D eigenvalue weighted by atomic mass is 9.70. The van der Waals surface area contributed by atoms with Crippen LogP contribution in [0.2, 0.25) is 0 Å². The Labute approximate surface area is 239 Å². The molecule has 6 rings (SSSR count). The van der Waals surface area contributed by atoms with Crippen molar-refractivity contribution in [2.45, 2.75) is 95.6 Å². The first-order chi connectivity index (χ1) is 19.7. The van der Waals surface area contributed by atoms with Crippen LogP contribution in [0.4, 0.5) is 4.39 Å². The number of tetrazole rings is 1. The van der Waals surface area contributed by atoms with E-state index in [1.807, 2.05) is 0 Å². The molecule has 4 fully saturated rings. The summed E-state index contributed by atoms with van der Waals surface area (Å²) in [5, 5.41) is 20.9. The van der Waals surface area contributed by atoms with Gasteiger partial charge in [0.25, 0.3) is 5.91 Å². The lowest BCUT2D eigenvalue weighted by Gasteiger charge is -2.39. The maximum Gasteiger partial charge on any atom is 0.255 e. The van der Waals surface area contributed by atoms with Crippen molar-refractivity contribution < 1.29 is 23.5 Å². The van der Waals surface area contributed by atoms with Crippen LogP contribution in [0.15, 0.2) is 12.1 Å². The third kappa shape index (κ3) is 5.39. The third-order valence-corrected chi connectivity index (χ3v) is 10.5. The van der Waals surface area contributed by atoms with Crippen LogP contribution in [0.1, 0.15) is 94.2 Å². The zero-order chi connectivity index (χ0) is 28.8. The number of aromatic amines is 1. The lowest BCUT2D eigenvalue weighted by Crippen LogP contribution is -2.51. The molecule has 4 atom stereocenters. The minimum atomic E-state index is -0.577. The standard InChI is InChI=1S/C30H41FN6O4/c1-29(9-4-10-29)16-32-27(39)24-17-5-6-18(13-17)25(24)33-26(38)20-14-23(21(31)15-22(20)40-3)41-19-7-11-30(2,12-8-19)28-34-36-37-35-28/h14-15,17-19,24-25H,4-13,16H2,1-3H3,(H,32,39)(H,33,38)(H,34,35,36,37)/t17-,18+,19?,24+,25-,30?/m1/s1. The molecule has 3 N–H and O–H groups in total. The van der Waals surface area contributed by atoms with Gasteiger partial charge in [0, 0.05) is 24.1 Å². The normalized spacial score (nSPS) is 31.8. The van der Waals surface area contributed by atoms with Crippen molar-refractivity contribution in [3.05, 3.63) is 29.3 Å². The predicted octanol–water partition coefficient (Wildman–Crippen LogP) is 4.08. The van der Waals surface area contributed by atoms with Crippen molar-refractivity contribution in [3.63, 3.8) is 0 Å². The van der Waals surface area contributed by atoms with E-state index < -0.39 is 5.82 Å². The Kier molecular flexibility index (Phi) is 7.40. The Hall–Kier alpha value is -3.24. The van der Waals surface area contributed by atoms with Gasteiger partial charge in [0.2, 0.25) is 5.91 Å². The highest BCUT2D eigenvalue weighted by molar-refractivity contribution is 5.98. The number of methoxy groups -OCH3 is 1. The number of fused-ring (bicyclic) bond motifs is 2. The number of aromatic nitrogens is 4. The molecule has 1 aromatic carbocycles. The average Bonchev–Trinajstić information content (AvgIpc) is 3.72. The molecule has 2 bridgehead atoms. The average molecular weight is 569 g/mol. The number of rotatable bonds is 9. The van der Waals surface area contributed by atoms with Gasteiger partial charge in [-0.2, -0.15) is 5.21 Å². The molecule has 0 spiro atoms. The van der Waals surface area contributed by atoms with E-state index in [1.165, 1.54) is 25.7 Å². The molecule has 0 aliphatic heterocycles. The van der Waals surface area contributed by atoms with Crippen LogP contribution < -0.4 is 20.1 Å². The fourth-order valence-corrected chi connectivity index (χ4v) is 7.62. The number of benzene rings is 1. The molecule has 1 heterocycles. The number of nitrogens with one attached hydrogen (secondary N) is 3. The van der Waals surface area contributed by atoms with E-state index >= 15 is 4.39 Å². The van der Waals surface area contributed by atoms with Gasteiger partial charge >= 0.3 is 0 Å². The van der Waals surface area contributed by atoms with Gasteiger partial charge in [-0.3, -0.25) is 9.59 Å². The summed E-state index contributed by atoms with van der Waals surface area (Å²) in [6.07, 6.45) is 9.17. The summed E-state index contributed by atoms with van der Waals surface area (Å²) in [4.78, 5) is 27.0. The maximum atomic E-state index is 15.1. The van der Waals surface area contributed by atoms with Crippen molar-refractivity contribution in [2.24, 2.45) is 23.2 Å². The first kappa shape index (κ1) is 27.9. The quantitative estimate of drug-likeness (QED) is 0.416. The summed E-state index contributed by atoms with van der Waals surface area (Å²) in [5.41, 5.74) is 0.184. The first-order valence-corrected chi connectivity index (χ1v) is 15.0. The van der Waals surface area contributed by atoms with Gasteiger partial charge in [-0.15, -0.1) is 10.2 Å². The third-order valence-electron chi connectivity index (χ3n) is 10.5. The number of hydrogen-bond acceptors (Lipinski definition) is 7. The van der Waals surface area contributed by atoms with Crippen molar-refractivity contribution in [1.82, 2.24) is 31.3 Å². The summed E-state index contributed by atoms with van der Waals surface area (Å²) in [5.74, 6) is 0.219. The van der Waals surface area contributed by atoms with E-state index in [-0.39, 0.29) is 69.6 Å². The highest BCUT2D eigenvalue weighted by Gasteiger charge is 2.51. The molecule has 2 amide bonds. The van der Waals surface area contributed by atoms with Gasteiger partial charge in [-0.25, -0.2) is 4.39 Å². The second-order valence-electron chi connectivity index (χ2n) is 13.3. The van der Waals surface area contributed by atoms with E-state index in [2.05, 4.69) is 45.1 Å². The number of halogens is 1. The Morgan fingerprint density at radius 2 is 1.83 bits per heavy atom. The monoisotopic (exact) mass is 568 g/mol. The first-order valence-electron chi connectivity index (χ1n) is 15.0. The van der Waals surface area contributed by atoms with E-state index in [9.17, 15) is 9.59 Å². The van der Waals surface area contributed by atoms with Crippen molar-refractivity contribution in [3.8, 4) is 11.5 Å². The Bertz CT molecular complexity index is 1270. The molecular weight excluding hydrogens is 527 g/mol. The molecule has 4 aliphatic rings. The molecule has 0 saturated heterocycles. The van der Waals surface area contributed by atoms with Crippen molar-refractivity contribution >= 4 is 11.8 Å². The van der Waals surface area contributed by atoms with E-state index in [1.54, 1.807) is 0 Å². The summed E-state index contributed by atoms with van der Waals surface area (Å²) in [6, 6.07) is 2.40. The molecule has 41 heavy (non-hydrogen) atoms. The number of ether oxygens (including phenoxy) is 2.